The molecule has 2 fully saturated rings. The number of methoxy groups -OCH3 is 1. The summed E-state index contributed by atoms with van der Waals surface area (Å²) < 4.78 is 5.15. The van der Waals surface area contributed by atoms with Gasteiger partial charge in [-0.25, -0.2) is 9.59 Å². The zero-order valence-corrected chi connectivity index (χ0v) is 12.1. The highest BCUT2D eigenvalue weighted by molar-refractivity contribution is 5.86. The minimum absolute atomic E-state index is 0.241. The summed E-state index contributed by atoms with van der Waals surface area (Å²) in [5.74, 6) is -0.558. The van der Waals surface area contributed by atoms with E-state index in [1.807, 2.05) is 0 Å². The summed E-state index contributed by atoms with van der Waals surface area (Å²) in [6.07, 6.45) is 4.79. The van der Waals surface area contributed by atoms with Crippen molar-refractivity contribution in [2.24, 2.45) is 5.92 Å². The van der Waals surface area contributed by atoms with Crippen molar-refractivity contribution in [2.75, 3.05) is 26.8 Å². The van der Waals surface area contributed by atoms with E-state index in [4.69, 9.17) is 4.74 Å². The smallest absolute Gasteiger partial charge is 0.329 e. The fourth-order valence-electron chi connectivity index (χ4n) is 3.28. The summed E-state index contributed by atoms with van der Waals surface area (Å²) in [5, 5.41) is 12.2. The van der Waals surface area contributed by atoms with Crippen molar-refractivity contribution >= 4 is 12.0 Å². The number of urea groups is 1. The highest BCUT2D eigenvalue weighted by Crippen LogP contribution is 2.30. The van der Waals surface area contributed by atoms with Crippen LogP contribution < -0.4 is 5.32 Å². The Kier molecular flexibility index (Phi) is 4.86. The second-order valence-corrected chi connectivity index (χ2v) is 5.93. The molecule has 2 rings (SSSR count). The molecular formula is C14H24N2O4. The van der Waals surface area contributed by atoms with Crippen molar-refractivity contribution in [3.8, 4) is 0 Å². The van der Waals surface area contributed by atoms with E-state index in [9.17, 15) is 14.7 Å². The molecule has 0 radical (unpaired) electrons. The molecule has 2 N–H and O–H groups in total. The van der Waals surface area contributed by atoms with Gasteiger partial charge in [-0.2, -0.15) is 0 Å². The molecule has 0 aromatic rings. The fourth-order valence-corrected chi connectivity index (χ4v) is 3.28. The number of likely N-dealkylation sites (tertiary alicyclic amines) is 1. The number of carboxylic acid groups (broad SMARTS) is 1. The van der Waals surface area contributed by atoms with E-state index < -0.39 is 11.5 Å². The number of carbonyl (C=O) groups excluding carboxylic acids is 1. The number of hydrogen-bond acceptors (Lipinski definition) is 3. The lowest BCUT2D eigenvalue weighted by molar-refractivity contribution is -0.144. The monoisotopic (exact) mass is 284 g/mol. The van der Waals surface area contributed by atoms with E-state index in [0.29, 0.717) is 38.5 Å². The first-order chi connectivity index (χ1) is 9.57. The van der Waals surface area contributed by atoms with Gasteiger partial charge in [0, 0.05) is 26.1 Å². The quantitative estimate of drug-likeness (QED) is 0.819. The standard InChI is InChI=1S/C14H24N2O4/c1-20-10-11-5-4-8-16(9-11)13(19)15-14(12(17)18)6-2-3-7-14/h11H,2-10H2,1H3,(H,15,19)(H,17,18). The molecular weight excluding hydrogens is 260 g/mol. The Morgan fingerprint density at radius 1 is 1.35 bits per heavy atom. The normalized spacial score (nSPS) is 25.4. The number of nitrogens with one attached hydrogen (secondary N) is 1. The first-order valence-corrected chi connectivity index (χ1v) is 7.37. The second kappa shape index (κ2) is 6.43. The van der Waals surface area contributed by atoms with Crippen LogP contribution in [0.15, 0.2) is 0 Å². The number of piperidine rings is 1. The Bertz CT molecular complexity index is 364. The fraction of sp³-hybridized carbons (Fsp3) is 0.857. The third-order valence-electron chi connectivity index (χ3n) is 4.42. The minimum atomic E-state index is -1.05. The van der Waals surface area contributed by atoms with Crippen LogP contribution in [0.2, 0.25) is 0 Å². The van der Waals surface area contributed by atoms with E-state index in [-0.39, 0.29) is 6.03 Å². The largest absolute Gasteiger partial charge is 0.480 e. The lowest BCUT2D eigenvalue weighted by Crippen LogP contribution is -2.57. The van der Waals surface area contributed by atoms with Gasteiger partial charge in [-0.1, -0.05) is 12.8 Å². The number of amides is 2. The molecule has 1 saturated heterocycles. The molecule has 1 aliphatic carbocycles. The predicted octanol–water partition coefficient (Wildman–Crippen LogP) is 1.45. The molecule has 2 aliphatic rings. The average Bonchev–Trinajstić information content (AvgIpc) is 2.89. The highest BCUT2D eigenvalue weighted by atomic mass is 16.5. The Morgan fingerprint density at radius 2 is 2.05 bits per heavy atom. The molecule has 1 heterocycles. The van der Waals surface area contributed by atoms with E-state index in [1.54, 1.807) is 12.0 Å². The topological polar surface area (TPSA) is 78.9 Å². The maximum atomic E-state index is 12.3. The molecule has 20 heavy (non-hydrogen) atoms. The van der Waals surface area contributed by atoms with Gasteiger partial charge in [0.15, 0.2) is 0 Å². The first-order valence-electron chi connectivity index (χ1n) is 7.37. The number of ether oxygens (including phenoxy) is 1. The van der Waals surface area contributed by atoms with E-state index >= 15 is 0 Å². The molecule has 114 valence electrons. The zero-order chi connectivity index (χ0) is 14.6. The summed E-state index contributed by atoms with van der Waals surface area (Å²) in [6.45, 7) is 1.99. The van der Waals surface area contributed by atoms with Gasteiger partial charge in [-0.05, 0) is 25.7 Å². The SMILES string of the molecule is COCC1CCCN(C(=O)NC2(C(=O)O)CCCC2)C1. The molecule has 2 amide bonds. The van der Waals surface area contributed by atoms with Gasteiger partial charge in [-0.3, -0.25) is 0 Å². The van der Waals surface area contributed by atoms with Crippen LogP contribution in [0.5, 0.6) is 0 Å². The van der Waals surface area contributed by atoms with Crippen molar-refractivity contribution in [1.29, 1.82) is 0 Å². The van der Waals surface area contributed by atoms with Crippen LogP contribution in [-0.2, 0) is 9.53 Å². The van der Waals surface area contributed by atoms with Gasteiger partial charge in [-0.15, -0.1) is 0 Å². The van der Waals surface area contributed by atoms with Crippen molar-refractivity contribution in [3.05, 3.63) is 0 Å². The third kappa shape index (κ3) is 3.23. The number of rotatable bonds is 4. The van der Waals surface area contributed by atoms with E-state index in [0.717, 1.165) is 25.7 Å². The van der Waals surface area contributed by atoms with Crippen LogP contribution in [0, 0.1) is 5.92 Å². The molecule has 0 aromatic heterocycles. The molecule has 6 heteroatoms. The van der Waals surface area contributed by atoms with Gasteiger partial charge in [0.1, 0.15) is 5.54 Å². The van der Waals surface area contributed by atoms with Crippen LogP contribution in [0.1, 0.15) is 38.5 Å². The molecule has 1 saturated carbocycles. The molecule has 1 unspecified atom stereocenters. The average molecular weight is 284 g/mol. The number of aliphatic carboxylic acids is 1. The molecule has 1 atom stereocenters. The highest BCUT2D eigenvalue weighted by Gasteiger charge is 2.43. The summed E-state index contributed by atoms with van der Waals surface area (Å²) in [7, 11) is 1.66. The summed E-state index contributed by atoms with van der Waals surface area (Å²) >= 11 is 0. The molecule has 0 spiro atoms. The van der Waals surface area contributed by atoms with Gasteiger partial charge in [0.25, 0.3) is 0 Å². The number of carbonyl (C=O) groups is 2. The molecule has 0 aromatic carbocycles. The number of nitrogens with zero attached hydrogens (tertiary/aromatic N) is 1. The van der Waals surface area contributed by atoms with Crippen LogP contribution in [-0.4, -0.2) is 54.4 Å². The van der Waals surface area contributed by atoms with Crippen LogP contribution >= 0.6 is 0 Å². The summed E-state index contributed by atoms with van der Waals surface area (Å²) in [5.41, 5.74) is -1.05. The van der Waals surface area contributed by atoms with Crippen molar-refractivity contribution < 1.29 is 19.4 Å². The van der Waals surface area contributed by atoms with E-state index in [2.05, 4.69) is 5.32 Å². The van der Waals surface area contributed by atoms with Crippen molar-refractivity contribution in [2.45, 2.75) is 44.1 Å². The van der Waals surface area contributed by atoms with Gasteiger partial charge in [0.2, 0.25) is 0 Å². The van der Waals surface area contributed by atoms with Crippen LogP contribution in [0.4, 0.5) is 4.79 Å². The van der Waals surface area contributed by atoms with E-state index in [1.165, 1.54) is 0 Å². The summed E-state index contributed by atoms with van der Waals surface area (Å²) in [6, 6.07) is -0.241. The molecule has 0 bridgehead atoms. The van der Waals surface area contributed by atoms with Gasteiger partial charge >= 0.3 is 12.0 Å². The lowest BCUT2D eigenvalue weighted by Gasteiger charge is -2.35. The maximum absolute atomic E-state index is 12.3. The number of hydrogen-bond donors (Lipinski definition) is 2. The summed E-state index contributed by atoms with van der Waals surface area (Å²) in [4.78, 5) is 25.5. The van der Waals surface area contributed by atoms with Crippen LogP contribution in [0.3, 0.4) is 0 Å². The Morgan fingerprint density at radius 3 is 2.65 bits per heavy atom. The Labute approximate surface area is 119 Å². The van der Waals surface area contributed by atoms with Gasteiger partial charge < -0.3 is 20.1 Å². The minimum Gasteiger partial charge on any atom is -0.480 e. The van der Waals surface area contributed by atoms with Gasteiger partial charge in [0.05, 0.1) is 6.61 Å². The Hall–Kier alpha value is -1.30. The van der Waals surface area contributed by atoms with Crippen molar-refractivity contribution in [1.82, 2.24) is 10.2 Å². The predicted molar refractivity (Wildman–Crippen MR) is 73.5 cm³/mol. The van der Waals surface area contributed by atoms with Crippen LogP contribution in [0.25, 0.3) is 0 Å². The second-order valence-electron chi connectivity index (χ2n) is 5.93. The van der Waals surface area contributed by atoms with Crippen molar-refractivity contribution in [3.63, 3.8) is 0 Å². The molecule has 1 aliphatic heterocycles. The lowest BCUT2D eigenvalue weighted by atomic mass is 9.97. The number of carboxylic acids is 1. The first kappa shape index (κ1) is 15.1. The molecule has 6 nitrogen and oxygen atoms in total. The maximum Gasteiger partial charge on any atom is 0.329 e. The third-order valence-corrected chi connectivity index (χ3v) is 4.42. The Balaban J connectivity index is 1.95. The zero-order valence-electron chi connectivity index (χ0n) is 12.1.